The van der Waals surface area contributed by atoms with Crippen molar-refractivity contribution < 1.29 is 9.90 Å². The molecule has 4 heteroatoms. The van der Waals surface area contributed by atoms with Gasteiger partial charge >= 0.3 is 0 Å². The maximum atomic E-state index is 12.3. The highest BCUT2D eigenvalue weighted by atomic mass is 16.3. The summed E-state index contributed by atoms with van der Waals surface area (Å²) in [5.41, 5.74) is 1.41. The van der Waals surface area contributed by atoms with E-state index in [1.54, 1.807) is 0 Å². The second-order valence-electron chi connectivity index (χ2n) is 7.67. The van der Waals surface area contributed by atoms with E-state index in [1.165, 1.54) is 5.56 Å². The summed E-state index contributed by atoms with van der Waals surface area (Å²) < 4.78 is 0. The number of likely N-dealkylation sites (tertiary alicyclic amines) is 2. The number of nitrogens with zero attached hydrogens (tertiary/aromatic N) is 2. The Morgan fingerprint density at radius 3 is 2.58 bits per heavy atom. The van der Waals surface area contributed by atoms with Crippen molar-refractivity contribution in [2.24, 2.45) is 0 Å². The van der Waals surface area contributed by atoms with Crippen LogP contribution in [0.1, 0.15) is 44.6 Å². The molecule has 2 heterocycles. The van der Waals surface area contributed by atoms with Crippen molar-refractivity contribution in [2.45, 2.75) is 50.5 Å². The Kier molecular flexibility index (Phi) is 5.57. The summed E-state index contributed by atoms with van der Waals surface area (Å²) in [6.07, 6.45) is 4.27. The maximum Gasteiger partial charge on any atom is 0.222 e. The molecular weight excluding hydrogens is 300 g/mol. The Morgan fingerprint density at radius 1 is 1.17 bits per heavy atom. The standard InChI is InChI=1S/C20H30N2O2/c1-20(17-6-3-2-4-7-17)11-8-19(24)22(16-20)13-5-12-21-14-9-18(23)10-15-21/h2-4,6-7,18,23H,5,8-16H2,1H3. The van der Waals surface area contributed by atoms with Crippen LogP contribution in [0.5, 0.6) is 0 Å². The Labute approximate surface area is 145 Å². The van der Waals surface area contributed by atoms with E-state index in [2.05, 4.69) is 41.0 Å². The normalized spacial score (nSPS) is 26.8. The van der Waals surface area contributed by atoms with Crippen molar-refractivity contribution in [2.75, 3.05) is 32.7 Å². The molecule has 1 aromatic carbocycles. The van der Waals surface area contributed by atoms with Crippen molar-refractivity contribution in [3.8, 4) is 0 Å². The van der Waals surface area contributed by atoms with Gasteiger partial charge in [0.05, 0.1) is 6.10 Å². The number of aliphatic hydroxyl groups is 1. The summed E-state index contributed by atoms with van der Waals surface area (Å²) in [6.45, 7) is 6.95. The highest BCUT2D eigenvalue weighted by Crippen LogP contribution is 2.34. The van der Waals surface area contributed by atoms with Crippen molar-refractivity contribution in [3.63, 3.8) is 0 Å². The molecule has 24 heavy (non-hydrogen) atoms. The van der Waals surface area contributed by atoms with Crippen LogP contribution in [0.3, 0.4) is 0 Å². The fourth-order valence-electron chi connectivity index (χ4n) is 4.04. The first-order chi connectivity index (χ1) is 11.6. The number of piperidine rings is 2. The lowest BCUT2D eigenvalue weighted by atomic mass is 9.75. The molecule has 1 amide bonds. The second-order valence-corrected chi connectivity index (χ2v) is 7.67. The van der Waals surface area contributed by atoms with Crippen LogP contribution in [0, 0.1) is 0 Å². The summed E-state index contributed by atoms with van der Waals surface area (Å²) in [5, 5.41) is 9.58. The van der Waals surface area contributed by atoms with Crippen LogP contribution in [-0.2, 0) is 10.2 Å². The zero-order valence-corrected chi connectivity index (χ0v) is 14.8. The Balaban J connectivity index is 1.52. The number of carbonyl (C=O) groups excluding carboxylic acids is 1. The minimum absolute atomic E-state index is 0.0738. The molecule has 1 unspecified atom stereocenters. The quantitative estimate of drug-likeness (QED) is 0.902. The fourth-order valence-corrected chi connectivity index (χ4v) is 4.04. The third kappa shape index (κ3) is 4.17. The lowest BCUT2D eigenvalue weighted by molar-refractivity contribution is -0.135. The zero-order chi connectivity index (χ0) is 17.0. The second kappa shape index (κ2) is 7.66. The molecule has 2 aliphatic rings. The topological polar surface area (TPSA) is 43.8 Å². The molecule has 4 nitrogen and oxygen atoms in total. The summed E-state index contributed by atoms with van der Waals surface area (Å²) >= 11 is 0. The van der Waals surface area contributed by atoms with Gasteiger partial charge in [-0.1, -0.05) is 37.3 Å². The lowest BCUT2D eigenvalue weighted by Crippen LogP contribution is -2.48. The molecule has 0 radical (unpaired) electrons. The summed E-state index contributed by atoms with van der Waals surface area (Å²) in [7, 11) is 0. The van der Waals surface area contributed by atoms with Crippen molar-refractivity contribution in [3.05, 3.63) is 35.9 Å². The third-order valence-corrected chi connectivity index (χ3v) is 5.71. The highest BCUT2D eigenvalue weighted by molar-refractivity contribution is 5.77. The Bertz CT molecular complexity index is 540. The van der Waals surface area contributed by atoms with E-state index in [0.717, 1.165) is 58.4 Å². The summed E-state index contributed by atoms with van der Waals surface area (Å²) in [4.78, 5) is 16.8. The largest absolute Gasteiger partial charge is 0.393 e. The number of amides is 1. The van der Waals surface area contributed by atoms with E-state index in [9.17, 15) is 9.90 Å². The van der Waals surface area contributed by atoms with Crippen LogP contribution in [0.15, 0.2) is 30.3 Å². The van der Waals surface area contributed by atoms with Gasteiger partial charge in [0.15, 0.2) is 0 Å². The molecule has 0 saturated carbocycles. The highest BCUT2D eigenvalue weighted by Gasteiger charge is 2.35. The van der Waals surface area contributed by atoms with Crippen LogP contribution in [0.25, 0.3) is 0 Å². The molecular formula is C20H30N2O2. The van der Waals surface area contributed by atoms with Crippen LogP contribution in [0.2, 0.25) is 0 Å². The minimum Gasteiger partial charge on any atom is -0.393 e. The first-order valence-electron chi connectivity index (χ1n) is 9.30. The number of aliphatic hydroxyl groups excluding tert-OH is 1. The van der Waals surface area contributed by atoms with E-state index >= 15 is 0 Å². The van der Waals surface area contributed by atoms with Gasteiger partial charge in [0.2, 0.25) is 5.91 Å². The van der Waals surface area contributed by atoms with Crippen molar-refractivity contribution in [1.29, 1.82) is 0 Å². The smallest absolute Gasteiger partial charge is 0.222 e. The molecule has 0 aromatic heterocycles. The van der Waals surface area contributed by atoms with E-state index in [1.807, 2.05) is 6.07 Å². The lowest BCUT2D eigenvalue weighted by Gasteiger charge is -2.41. The molecule has 1 N–H and O–H groups in total. The van der Waals surface area contributed by atoms with E-state index < -0.39 is 0 Å². The number of hydrogen-bond acceptors (Lipinski definition) is 3. The number of carbonyl (C=O) groups is 1. The summed E-state index contributed by atoms with van der Waals surface area (Å²) in [6, 6.07) is 10.6. The van der Waals surface area contributed by atoms with Crippen molar-refractivity contribution >= 4 is 5.91 Å². The van der Waals surface area contributed by atoms with E-state index in [-0.39, 0.29) is 11.5 Å². The van der Waals surface area contributed by atoms with Gasteiger partial charge in [0.25, 0.3) is 0 Å². The molecule has 0 spiro atoms. The van der Waals surface area contributed by atoms with Gasteiger partial charge in [0, 0.05) is 38.0 Å². The van der Waals surface area contributed by atoms with E-state index in [0.29, 0.717) is 12.3 Å². The molecule has 0 bridgehead atoms. The van der Waals surface area contributed by atoms with Crippen LogP contribution in [0.4, 0.5) is 0 Å². The average Bonchev–Trinajstić information content (AvgIpc) is 2.61. The average molecular weight is 330 g/mol. The predicted molar refractivity (Wildman–Crippen MR) is 95.9 cm³/mol. The number of hydrogen-bond donors (Lipinski definition) is 1. The zero-order valence-electron chi connectivity index (χ0n) is 14.8. The molecule has 1 aromatic rings. The predicted octanol–water partition coefficient (Wildman–Crippen LogP) is 2.41. The van der Waals surface area contributed by atoms with Crippen LogP contribution >= 0.6 is 0 Å². The van der Waals surface area contributed by atoms with Gasteiger partial charge in [-0.05, 0) is 37.8 Å². The van der Waals surface area contributed by atoms with E-state index in [4.69, 9.17) is 0 Å². The fraction of sp³-hybridized carbons (Fsp3) is 0.650. The SMILES string of the molecule is CC1(c2ccccc2)CCC(=O)N(CCCN2CCC(O)CC2)C1. The van der Waals surface area contributed by atoms with Crippen LogP contribution < -0.4 is 0 Å². The van der Waals surface area contributed by atoms with Gasteiger partial charge in [-0.15, -0.1) is 0 Å². The van der Waals surface area contributed by atoms with Crippen molar-refractivity contribution in [1.82, 2.24) is 9.80 Å². The molecule has 2 aliphatic heterocycles. The Morgan fingerprint density at radius 2 is 1.88 bits per heavy atom. The monoisotopic (exact) mass is 330 g/mol. The molecule has 0 aliphatic carbocycles. The first kappa shape index (κ1) is 17.4. The minimum atomic E-state index is -0.114. The Hall–Kier alpha value is -1.39. The molecule has 1 atom stereocenters. The van der Waals surface area contributed by atoms with Crippen LogP contribution in [-0.4, -0.2) is 59.6 Å². The summed E-state index contributed by atoms with van der Waals surface area (Å²) in [5.74, 6) is 0.303. The van der Waals surface area contributed by atoms with Gasteiger partial charge in [-0.25, -0.2) is 0 Å². The van der Waals surface area contributed by atoms with Gasteiger partial charge in [-0.2, -0.15) is 0 Å². The molecule has 132 valence electrons. The van der Waals surface area contributed by atoms with Gasteiger partial charge in [-0.3, -0.25) is 4.79 Å². The third-order valence-electron chi connectivity index (χ3n) is 5.71. The number of rotatable bonds is 5. The molecule has 3 rings (SSSR count). The molecule has 2 saturated heterocycles. The maximum absolute atomic E-state index is 12.3. The first-order valence-corrected chi connectivity index (χ1v) is 9.30. The van der Waals surface area contributed by atoms with Gasteiger partial charge < -0.3 is 14.9 Å². The number of benzene rings is 1. The molecule has 2 fully saturated rings. The van der Waals surface area contributed by atoms with Gasteiger partial charge in [0.1, 0.15) is 0 Å².